The predicted octanol–water partition coefficient (Wildman–Crippen LogP) is 0.173. The number of rotatable bonds is 4. The van der Waals surface area contributed by atoms with E-state index in [9.17, 15) is 24.3 Å². The highest BCUT2D eigenvalue weighted by Gasteiger charge is 2.36. The number of nitrogens with two attached hydrogens (primary N) is 1. The highest BCUT2D eigenvalue weighted by Crippen LogP contribution is 2.35. The summed E-state index contributed by atoms with van der Waals surface area (Å²) >= 11 is 0. The molecule has 1 atom stereocenters. The average Bonchev–Trinajstić information content (AvgIpc) is 2.69. The van der Waals surface area contributed by atoms with Crippen LogP contribution < -0.4 is 22.6 Å². The molecule has 0 aliphatic carbocycles. The van der Waals surface area contributed by atoms with Crippen LogP contribution in [0, 0.1) is 0 Å². The van der Waals surface area contributed by atoms with Gasteiger partial charge < -0.3 is 20.0 Å². The van der Waals surface area contributed by atoms with Crippen LogP contribution in [0.2, 0.25) is 0 Å². The average molecular weight is 401 g/mol. The van der Waals surface area contributed by atoms with Gasteiger partial charge in [0.05, 0.1) is 23.1 Å². The van der Waals surface area contributed by atoms with Crippen LogP contribution in [0.5, 0.6) is 5.75 Å². The highest BCUT2D eigenvalue weighted by molar-refractivity contribution is 5.90. The predicted molar refractivity (Wildman–Crippen MR) is 104 cm³/mol. The van der Waals surface area contributed by atoms with Crippen molar-refractivity contribution in [2.45, 2.75) is 12.8 Å². The maximum Gasteiger partial charge on any atom is 0.344 e. The number of ether oxygens (including phenoxy) is 1. The molecule has 29 heavy (non-hydrogen) atoms. The molecule has 0 saturated carbocycles. The van der Waals surface area contributed by atoms with Crippen molar-refractivity contribution in [3.63, 3.8) is 0 Å². The number of esters is 1. The van der Waals surface area contributed by atoms with E-state index in [4.69, 9.17) is 14.9 Å². The molecule has 0 spiro atoms. The first kappa shape index (κ1) is 19.9. The molecule has 0 aliphatic heterocycles. The van der Waals surface area contributed by atoms with Crippen molar-refractivity contribution in [3.05, 3.63) is 66.7 Å². The molecule has 0 saturated heterocycles. The molecule has 1 aromatic carbocycles. The maximum absolute atomic E-state index is 12.8. The Hall–Kier alpha value is -3.82. The Morgan fingerprint density at radius 1 is 1.17 bits per heavy atom. The Morgan fingerprint density at radius 3 is 2.48 bits per heavy atom. The van der Waals surface area contributed by atoms with Crippen molar-refractivity contribution in [3.8, 4) is 5.75 Å². The molecule has 1 unspecified atom stereocenters. The first-order chi connectivity index (χ1) is 13.7. The van der Waals surface area contributed by atoms with Crippen molar-refractivity contribution in [2.24, 2.45) is 14.1 Å². The molecule has 0 bridgehead atoms. The molecule has 152 valence electrons. The second-order valence-corrected chi connectivity index (χ2v) is 6.34. The lowest BCUT2D eigenvalue weighted by Crippen LogP contribution is -2.42. The smallest absolute Gasteiger partial charge is 0.344 e. The Kier molecular flexibility index (Phi) is 5.02. The fraction of sp³-hybridized carbons (Fsp3) is 0.263. The molecule has 3 N–H and O–H groups in total. The first-order valence-electron chi connectivity index (χ1n) is 8.67. The summed E-state index contributed by atoms with van der Waals surface area (Å²) in [5.41, 5.74) is 2.56. The summed E-state index contributed by atoms with van der Waals surface area (Å²) in [7, 11) is 2.52. The molecule has 10 nitrogen and oxygen atoms in total. The second-order valence-electron chi connectivity index (χ2n) is 6.34. The molecule has 0 radical (unpaired) electrons. The third-order valence-electron chi connectivity index (χ3n) is 4.67. The standard InChI is InChI=1S/C19H19N3O7/c1-4-28-17(25)11(13-15(20)21(2)19(27)22(3)16(13)24)12-14(23)9-7-5-6-8-10(9)29-18(12)26/h5-8,11,23H,4,20H2,1-3H3. The van der Waals surface area contributed by atoms with Gasteiger partial charge in [0.2, 0.25) is 0 Å². The molecule has 0 amide bonds. The number of para-hydroxylation sites is 1. The van der Waals surface area contributed by atoms with Crippen LogP contribution in [0.3, 0.4) is 0 Å². The molecule has 0 fully saturated rings. The van der Waals surface area contributed by atoms with Gasteiger partial charge in [0.1, 0.15) is 23.1 Å². The van der Waals surface area contributed by atoms with E-state index in [1.165, 1.54) is 26.2 Å². The van der Waals surface area contributed by atoms with Crippen molar-refractivity contribution in [1.29, 1.82) is 0 Å². The van der Waals surface area contributed by atoms with E-state index >= 15 is 0 Å². The molecular formula is C19H19N3O7. The van der Waals surface area contributed by atoms with Gasteiger partial charge in [-0.25, -0.2) is 9.59 Å². The summed E-state index contributed by atoms with van der Waals surface area (Å²) in [4.78, 5) is 50.4. The van der Waals surface area contributed by atoms with E-state index in [2.05, 4.69) is 0 Å². The number of hydrogen-bond donors (Lipinski definition) is 2. The van der Waals surface area contributed by atoms with Gasteiger partial charge in [-0.2, -0.15) is 0 Å². The van der Waals surface area contributed by atoms with E-state index in [1.54, 1.807) is 19.1 Å². The number of anilines is 1. The number of benzene rings is 1. The Morgan fingerprint density at radius 2 is 1.83 bits per heavy atom. The van der Waals surface area contributed by atoms with Crippen molar-refractivity contribution < 1.29 is 19.1 Å². The third-order valence-corrected chi connectivity index (χ3v) is 4.67. The Bertz CT molecular complexity index is 1300. The minimum absolute atomic E-state index is 0.0546. The topological polar surface area (TPSA) is 147 Å². The van der Waals surface area contributed by atoms with Crippen LogP contribution in [0.25, 0.3) is 11.0 Å². The summed E-state index contributed by atoms with van der Waals surface area (Å²) in [6.07, 6.45) is 0. The van der Waals surface area contributed by atoms with Crippen LogP contribution in [0.1, 0.15) is 24.0 Å². The molecule has 3 aromatic rings. The highest BCUT2D eigenvalue weighted by atomic mass is 16.5. The minimum Gasteiger partial charge on any atom is -0.507 e. The quantitative estimate of drug-likeness (QED) is 0.465. The third kappa shape index (κ3) is 3.08. The number of carbonyl (C=O) groups excluding carboxylic acids is 1. The number of carbonyl (C=O) groups is 1. The number of fused-ring (bicyclic) bond motifs is 1. The van der Waals surface area contributed by atoms with E-state index in [-0.39, 0.29) is 29.0 Å². The van der Waals surface area contributed by atoms with Crippen molar-refractivity contribution in [1.82, 2.24) is 9.13 Å². The number of aromatic nitrogens is 2. The summed E-state index contributed by atoms with van der Waals surface area (Å²) in [6, 6.07) is 6.17. The van der Waals surface area contributed by atoms with Gasteiger partial charge in [-0.15, -0.1) is 0 Å². The van der Waals surface area contributed by atoms with Crippen molar-refractivity contribution in [2.75, 3.05) is 12.3 Å². The molecule has 10 heteroatoms. The molecule has 2 aromatic heterocycles. The van der Waals surface area contributed by atoms with Crippen molar-refractivity contribution >= 4 is 22.8 Å². The molecule has 3 rings (SSSR count). The summed E-state index contributed by atoms with van der Waals surface area (Å²) in [5, 5.41) is 10.9. The SMILES string of the molecule is CCOC(=O)C(c1c(O)c2ccccc2oc1=O)c1c(N)n(C)c(=O)n(C)c1=O. The number of nitrogens with zero attached hydrogens (tertiary/aromatic N) is 2. The van der Waals surface area contributed by atoms with Gasteiger partial charge in [0, 0.05) is 14.1 Å². The summed E-state index contributed by atoms with van der Waals surface area (Å²) in [6.45, 7) is 1.49. The van der Waals surface area contributed by atoms with Crippen LogP contribution >= 0.6 is 0 Å². The lowest BCUT2D eigenvalue weighted by molar-refractivity contribution is -0.144. The maximum atomic E-state index is 12.8. The van der Waals surface area contributed by atoms with Crippen LogP contribution in [0.15, 0.2) is 43.1 Å². The number of aromatic hydroxyl groups is 1. The van der Waals surface area contributed by atoms with Gasteiger partial charge in [-0.1, -0.05) is 12.1 Å². The normalized spacial score (nSPS) is 12.1. The molecular weight excluding hydrogens is 382 g/mol. The number of nitrogen functional groups attached to an aromatic ring is 1. The molecule has 2 heterocycles. The van der Waals surface area contributed by atoms with Crippen LogP contribution in [-0.2, 0) is 23.6 Å². The van der Waals surface area contributed by atoms with Gasteiger partial charge in [0.25, 0.3) is 5.56 Å². The zero-order valence-electron chi connectivity index (χ0n) is 16.0. The lowest BCUT2D eigenvalue weighted by Gasteiger charge is -2.20. The van der Waals surface area contributed by atoms with Gasteiger partial charge in [0.15, 0.2) is 0 Å². The lowest BCUT2D eigenvalue weighted by atomic mass is 9.91. The number of hydrogen-bond acceptors (Lipinski definition) is 8. The van der Waals surface area contributed by atoms with Gasteiger partial charge >= 0.3 is 17.3 Å². The van der Waals surface area contributed by atoms with Crippen LogP contribution in [-0.4, -0.2) is 26.8 Å². The second kappa shape index (κ2) is 7.30. The first-order valence-corrected chi connectivity index (χ1v) is 8.67. The van der Waals surface area contributed by atoms with E-state index in [0.29, 0.717) is 0 Å². The fourth-order valence-electron chi connectivity index (χ4n) is 3.17. The summed E-state index contributed by atoms with van der Waals surface area (Å²) < 4.78 is 12.0. The minimum atomic E-state index is -1.69. The van der Waals surface area contributed by atoms with Gasteiger partial charge in [-0.05, 0) is 19.1 Å². The zero-order valence-corrected chi connectivity index (χ0v) is 16.0. The van der Waals surface area contributed by atoms with E-state index in [1.807, 2.05) is 0 Å². The van der Waals surface area contributed by atoms with Crippen LogP contribution in [0.4, 0.5) is 5.82 Å². The zero-order chi connectivity index (χ0) is 21.5. The Balaban J connectivity index is 2.47. The largest absolute Gasteiger partial charge is 0.507 e. The monoisotopic (exact) mass is 401 g/mol. The molecule has 0 aliphatic rings. The van der Waals surface area contributed by atoms with Gasteiger partial charge in [-0.3, -0.25) is 18.7 Å². The fourth-order valence-corrected chi connectivity index (χ4v) is 3.17. The Labute approximate surface area is 163 Å². The van der Waals surface area contributed by atoms with E-state index < -0.39 is 40.1 Å². The van der Waals surface area contributed by atoms with E-state index in [0.717, 1.165) is 9.13 Å². The summed E-state index contributed by atoms with van der Waals surface area (Å²) in [5.74, 6) is -3.55.